The van der Waals surface area contributed by atoms with Gasteiger partial charge in [-0.3, -0.25) is 5.32 Å². The Labute approximate surface area is 169 Å². The van der Waals surface area contributed by atoms with Crippen LogP contribution in [0.15, 0.2) is 84.9 Å². The van der Waals surface area contributed by atoms with Crippen LogP contribution in [0.4, 0.5) is 16.2 Å². The van der Waals surface area contributed by atoms with E-state index >= 15 is 0 Å². The van der Waals surface area contributed by atoms with Gasteiger partial charge >= 0.3 is 6.09 Å². The minimum absolute atomic E-state index is 0.213. The molecule has 0 aliphatic heterocycles. The Bertz CT molecular complexity index is 1170. The zero-order valence-corrected chi connectivity index (χ0v) is 16.2. The minimum Gasteiger partial charge on any atom is -0.444 e. The monoisotopic (exact) mass is 382 g/mol. The summed E-state index contributed by atoms with van der Waals surface area (Å²) in [6.07, 6.45) is -0.502. The Morgan fingerprint density at radius 3 is 2.52 bits per heavy atom. The normalized spacial score (nSPS) is 10.7. The average molecular weight is 382 g/mol. The fourth-order valence-corrected chi connectivity index (χ4v) is 3.43. The van der Waals surface area contributed by atoms with Crippen molar-refractivity contribution in [1.82, 2.24) is 0 Å². The SMILES string of the molecule is Cc1ccc(NC(=O)OCc2ccccc2)c(-c2c(N)ccc3ccccc23)c1. The highest BCUT2D eigenvalue weighted by Crippen LogP contribution is 2.38. The molecule has 4 heteroatoms. The van der Waals surface area contributed by atoms with Gasteiger partial charge in [-0.15, -0.1) is 0 Å². The molecule has 4 rings (SSSR count). The number of hydrogen-bond acceptors (Lipinski definition) is 3. The molecule has 0 heterocycles. The molecule has 4 aromatic rings. The topological polar surface area (TPSA) is 64.3 Å². The molecular formula is C25H22N2O2. The summed E-state index contributed by atoms with van der Waals surface area (Å²) in [5.74, 6) is 0. The van der Waals surface area contributed by atoms with Crippen LogP contribution in [0, 0.1) is 6.92 Å². The van der Waals surface area contributed by atoms with E-state index in [2.05, 4.69) is 11.4 Å². The highest BCUT2D eigenvalue weighted by atomic mass is 16.5. The van der Waals surface area contributed by atoms with Gasteiger partial charge < -0.3 is 10.5 Å². The first-order valence-corrected chi connectivity index (χ1v) is 9.48. The second-order valence-electron chi connectivity index (χ2n) is 6.99. The number of ether oxygens (including phenoxy) is 1. The van der Waals surface area contributed by atoms with E-state index < -0.39 is 6.09 Å². The van der Waals surface area contributed by atoms with Gasteiger partial charge in [0.25, 0.3) is 0 Å². The Morgan fingerprint density at radius 1 is 0.931 bits per heavy atom. The standard InChI is InChI=1S/C25H22N2O2/c1-17-11-14-23(27-25(28)29-16-18-7-3-2-4-8-18)21(15-17)24-20-10-6-5-9-19(20)12-13-22(24)26/h2-15H,16,26H2,1H3,(H,27,28). The number of benzene rings is 4. The van der Waals surface area contributed by atoms with Crippen molar-refractivity contribution in [3.8, 4) is 11.1 Å². The van der Waals surface area contributed by atoms with Crippen LogP contribution < -0.4 is 11.1 Å². The summed E-state index contributed by atoms with van der Waals surface area (Å²) in [4.78, 5) is 12.4. The first kappa shape index (κ1) is 18.6. The molecule has 0 aliphatic carbocycles. The molecular weight excluding hydrogens is 360 g/mol. The molecule has 0 fully saturated rings. The average Bonchev–Trinajstić information content (AvgIpc) is 2.74. The third kappa shape index (κ3) is 4.06. The highest BCUT2D eigenvalue weighted by molar-refractivity contribution is 6.06. The van der Waals surface area contributed by atoms with Gasteiger partial charge in [-0.2, -0.15) is 0 Å². The van der Waals surface area contributed by atoms with Crippen molar-refractivity contribution < 1.29 is 9.53 Å². The van der Waals surface area contributed by atoms with Gasteiger partial charge in [-0.1, -0.05) is 72.3 Å². The minimum atomic E-state index is -0.502. The number of carbonyl (C=O) groups is 1. The number of fused-ring (bicyclic) bond motifs is 1. The fourth-order valence-electron chi connectivity index (χ4n) is 3.43. The lowest BCUT2D eigenvalue weighted by Gasteiger charge is -2.16. The molecule has 1 amide bonds. The van der Waals surface area contributed by atoms with Crippen LogP contribution in [0.25, 0.3) is 21.9 Å². The highest BCUT2D eigenvalue weighted by Gasteiger charge is 2.15. The van der Waals surface area contributed by atoms with E-state index in [1.165, 1.54) is 0 Å². The van der Waals surface area contributed by atoms with Crippen LogP contribution >= 0.6 is 0 Å². The quantitative estimate of drug-likeness (QED) is 0.416. The van der Waals surface area contributed by atoms with Crippen molar-refractivity contribution in [2.45, 2.75) is 13.5 Å². The molecule has 4 nitrogen and oxygen atoms in total. The number of carbonyl (C=O) groups excluding carboxylic acids is 1. The van der Waals surface area contributed by atoms with Crippen molar-refractivity contribution in [3.63, 3.8) is 0 Å². The molecule has 0 aliphatic rings. The van der Waals surface area contributed by atoms with Crippen molar-refractivity contribution in [2.24, 2.45) is 0 Å². The van der Waals surface area contributed by atoms with Crippen LogP contribution in [0.3, 0.4) is 0 Å². The Hall–Kier alpha value is -3.79. The number of nitrogens with one attached hydrogen (secondary N) is 1. The molecule has 0 spiro atoms. The van der Waals surface area contributed by atoms with E-state index in [1.807, 2.05) is 85.8 Å². The summed E-state index contributed by atoms with van der Waals surface area (Å²) in [6.45, 7) is 2.23. The van der Waals surface area contributed by atoms with Gasteiger partial charge in [-0.05, 0) is 41.5 Å². The van der Waals surface area contributed by atoms with E-state index in [4.69, 9.17) is 10.5 Å². The van der Waals surface area contributed by atoms with E-state index in [1.54, 1.807) is 0 Å². The Morgan fingerprint density at radius 2 is 1.69 bits per heavy atom. The van der Waals surface area contributed by atoms with Crippen LogP contribution in [0.5, 0.6) is 0 Å². The zero-order valence-electron chi connectivity index (χ0n) is 16.2. The second-order valence-corrected chi connectivity index (χ2v) is 6.99. The van der Waals surface area contributed by atoms with E-state index in [-0.39, 0.29) is 6.61 Å². The van der Waals surface area contributed by atoms with Gasteiger partial charge in [0.1, 0.15) is 6.61 Å². The molecule has 0 saturated heterocycles. The fraction of sp³-hybridized carbons (Fsp3) is 0.0800. The number of nitrogens with two attached hydrogens (primary N) is 1. The molecule has 3 N–H and O–H groups in total. The predicted molar refractivity (Wildman–Crippen MR) is 119 cm³/mol. The maximum Gasteiger partial charge on any atom is 0.411 e. The van der Waals surface area contributed by atoms with Gasteiger partial charge in [0.15, 0.2) is 0 Å². The summed E-state index contributed by atoms with van der Waals surface area (Å²) in [5, 5.41) is 5.02. The zero-order chi connectivity index (χ0) is 20.2. The van der Waals surface area contributed by atoms with Crippen molar-refractivity contribution in [2.75, 3.05) is 11.1 Å². The summed E-state index contributed by atoms with van der Waals surface area (Å²) in [6, 6.07) is 27.5. The second kappa shape index (κ2) is 8.07. The predicted octanol–water partition coefficient (Wildman–Crippen LogP) is 6.15. The van der Waals surface area contributed by atoms with Gasteiger partial charge in [0, 0.05) is 16.8 Å². The third-order valence-corrected chi connectivity index (χ3v) is 4.86. The van der Waals surface area contributed by atoms with Crippen LogP contribution in [0.2, 0.25) is 0 Å². The maximum absolute atomic E-state index is 12.4. The third-order valence-electron chi connectivity index (χ3n) is 4.86. The number of amides is 1. The molecule has 0 unspecified atom stereocenters. The number of rotatable bonds is 4. The molecule has 29 heavy (non-hydrogen) atoms. The molecule has 0 atom stereocenters. The summed E-state index contributed by atoms with van der Waals surface area (Å²) >= 11 is 0. The Kier molecular flexibility index (Phi) is 5.16. The van der Waals surface area contributed by atoms with E-state index in [9.17, 15) is 4.79 Å². The summed E-state index contributed by atoms with van der Waals surface area (Å²) in [5.41, 5.74) is 11.5. The smallest absolute Gasteiger partial charge is 0.411 e. The Balaban J connectivity index is 1.67. The van der Waals surface area contributed by atoms with Crippen LogP contribution in [-0.4, -0.2) is 6.09 Å². The van der Waals surface area contributed by atoms with Crippen LogP contribution in [-0.2, 0) is 11.3 Å². The lowest BCUT2D eigenvalue weighted by Crippen LogP contribution is -2.14. The van der Waals surface area contributed by atoms with Gasteiger partial charge in [-0.25, -0.2) is 4.79 Å². The maximum atomic E-state index is 12.4. The number of hydrogen-bond donors (Lipinski definition) is 2. The molecule has 0 aromatic heterocycles. The lowest BCUT2D eigenvalue weighted by atomic mass is 9.94. The number of aryl methyl sites for hydroxylation is 1. The summed E-state index contributed by atoms with van der Waals surface area (Å²) < 4.78 is 5.39. The summed E-state index contributed by atoms with van der Waals surface area (Å²) in [7, 11) is 0. The van der Waals surface area contributed by atoms with Crippen molar-refractivity contribution in [3.05, 3.63) is 96.1 Å². The first-order valence-electron chi connectivity index (χ1n) is 9.48. The van der Waals surface area contributed by atoms with Gasteiger partial charge in [0.05, 0.1) is 5.69 Å². The van der Waals surface area contributed by atoms with Crippen molar-refractivity contribution in [1.29, 1.82) is 0 Å². The lowest BCUT2D eigenvalue weighted by molar-refractivity contribution is 0.155. The van der Waals surface area contributed by atoms with Gasteiger partial charge in [0.2, 0.25) is 0 Å². The molecule has 0 bridgehead atoms. The number of anilines is 2. The molecule has 4 aromatic carbocycles. The largest absolute Gasteiger partial charge is 0.444 e. The van der Waals surface area contributed by atoms with E-state index in [0.29, 0.717) is 11.4 Å². The van der Waals surface area contributed by atoms with Crippen molar-refractivity contribution >= 4 is 28.2 Å². The first-order chi connectivity index (χ1) is 14.1. The number of nitrogen functional groups attached to an aromatic ring is 1. The van der Waals surface area contributed by atoms with Crippen LogP contribution in [0.1, 0.15) is 11.1 Å². The molecule has 144 valence electrons. The molecule has 0 radical (unpaired) electrons. The molecule has 0 saturated carbocycles. The van der Waals surface area contributed by atoms with E-state index in [0.717, 1.165) is 33.0 Å².